The van der Waals surface area contributed by atoms with Gasteiger partial charge in [0, 0.05) is 25.4 Å². The van der Waals surface area contributed by atoms with Gasteiger partial charge in [0.05, 0.1) is 13.7 Å². The Morgan fingerprint density at radius 2 is 1.84 bits per heavy atom. The van der Waals surface area contributed by atoms with E-state index >= 15 is 0 Å². The Hall–Kier alpha value is -2.50. The molecule has 0 unspecified atom stereocenters. The molecular weight excluding hydrogens is 316 g/mol. The summed E-state index contributed by atoms with van der Waals surface area (Å²) in [6.45, 7) is 6.33. The van der Waals surface area contributed by atoms with Crippen LogP contribution in [0, 0.1) is 6.92 Å². The van der Waals surface area contributed by atoms with Crippen molar-refractivity contribution >= 4 is 11.8 Å². The van der Waals surface area contributed by atoms with Gasteiger partial charge in [-0.1, -0.05) is 13.3 Å². The highest BCUT2D eigenvalue weighted by atomic mass is 16.5. The molecule has 1 heterocycles. The summed E-state index contributed by atoms with van der Waals surface area (Å²) in [5.74, 6) is 3.21. The second-order valence-electron chi connectivity index (χ2n) is 5.92. The van der Waals surface area contributed by atoms with Crippen LogP contribution >= 0.6 is 0 Å². The molecule has 2 rings (SSSR count). The van der Waals surface area contributed by atoms with Gasteiger partial charge in [-0.2, -0.15) is 4.98 Å². The van der Waals surface area contributed by atoms with Gasteiger partial charge in [0.25, 0.3) is 0 Å². The van der Waals surface area contributed by atoms with E-state index in [2.05, 4.69) is 34.2 Å². The molecule has 6 nitrogen and oxygen atoms in total. The zero-order valence-corrected chi connectivity index (χ0v) is 15.6. The summed E-state index contributed by atoms with van der Waals surface area (Å²) < 4.78 is 10.8. The zero-order chi connectivity index (χ0) is 18.1. The Morgan fingerprint density at radius 3 is 2.52 bits per heavy atom. The number of methoxy groups -OCH3 is 1. The molecule has 25 heavy (non-hydrogen) atoms. The molecular formula is C19H28N4O2. The summed E-state index contributed by atoms with van der Waals surface area (Å²) in [5, 5.41) is 3.23. The van der Waals surface area contributed by atoms with Crippen molar-refractivity contribution in [3.05, 3.63) is 36.0 Å². The van der Waals surface area contributed by atoms with Crippen LogP contribution < -0.4 is 19.7 Å². The van der Waals surface area contributed by atoms with Crippen LogP contribution in [0.2, 0.25) is 0 Å². The number of hydrogen-bond donors (Lipinski definition) is 1. The van der Waals surface area contributed by atoms with Gasteiger partial charge in [0.15, 0.2) is 0 Å². The van der Waals surface area contributed by atoms with Gasteiger partial charge in [-0.15, -0.1) is 0 Å². The smallest absolute Gasteiger partial charge is 0.224 e. The first-order valence-corrected chi connectivity index (χ1v) is 8.70. The van der Waals surface area contributed by atoms with Gasteiger partial charge in [-0.3, -0.25) is 0 Å². The van der Waals surface area contributed by atoms with E-state index in [-0.39, 0.29) is 0 Å². The van der Waals surface area contributed by atoms with Crippen molar-refractivity contribution in [1.82, 2.24) is 9.97 Å². The van der Waals surface area contributed by atoms with Gasteiger partial charge >= 0.3 is 0 Å². The minimum Gasteiger partial charge on any atom is -0.497 e. The fourth-order valence-corrected chi connectivity index (χ4v) is 2.34. The topological polar surface area (TPSA) is 59.5 Å². The van der Waals surface area contributed by atoms with E-state index in [4.69, 9.17) is 9.47 Å². The highest BCUT2D eigenvalue weighted by Crippen LogP contribution is 2.17. The van der Waals surface area contributed by atoms with E-state index in [9.17, 15) is 0 Å². The number of anilines is 2. The number of nitrogens with one attached hydrogen (secondary N) is 1. The number of rotatable bonds is 10. The molecule has 0 aliphatic rings. The van der Waals surface area contributed by atoms with Crippen molar-refractivity contribution in [2.45, 2.75) is 26.7 Å². The first-order chi connectivity index (χ1) is 12.1. The monoisotopic (exact) mass is 344 g/mol. The Kier molecular flexibility index (Phi) is 7.32. The third kappa shape index (κ3) is 6.14. The predicted molar refractivity (Wildman–Crippen MR) is 102 cm³/mol. The van der Waals surface area contributed by atoms with Crippen molar-refractivity contribution in [3.8, 4) is 11.5 Å². The van der Waals surface area contributed by atoms with Crippen LogP contribution in [0.3, 0.4) is 0 Å². The number of aromatic nitrogens is 2. The van der Waals surface area contributed by atoms with Gasteiger partial charge in [0.2, 0.25) is 5.95 Å². The molecule has 136 valence electrons. The SMILES string of the molecule is CCCCN(C)c1cc(C)nc(NCCOc2ccc(OC)cc2)n1. The van der Waals surface area contributed by atoms with E-state index < -0.39 is 0 Å². The highest BCUT2D eigenvalue weighted by Gasteiger charge is 2.06. The van der Waals surface area contributed by atoms with Crippen LogP contribution in [0.4, 0.5) is 11.8 Å². The first-order valence-electron chi connectivity index (χ1n) is 8.70. The van der Waals surface area contributed by atoms with Crippen molar-refractivity contribution in [2.24, 2.45) is 0 Å². The fraction of sp³-hybridized carbons (Fsp3) is 0.474. The summed E-state index contributed by atoms with van der Waals surface area (Å²) in [6.07, 6.45) is 2.32. The van der Waals surface area contributed by atoms with Crippen molar-refractivity contribution < 1.29 is 9.47 Å². The Bertz CT molecular complexity index is 646. The fourth-order valence-electron chi connectivity index (χ4n) is 2.34. The van der Waals surface area contributed by atoms with E-state index in [0.29, 0.717) is 19.1 Å². The molecule has 1 aromatic heterocycles. The Morgan fingerprint density at radius 1 is 1.12 bits per heavy atom. The second kappa shape index (κ2) is 9.71. The molecule has 0 bridgehead atoms. The molecule has 1 N–H and O–H groups in total. The normalized spacial score (nSPS) is 10.4. The average Bonchev–Trinajstić information content (AvgIpc) is 2.63. The maximum atomic E-state index is 5.70. The van der Waals surface area contributed by atoms with Crippen molar-refractivity contribution in [1.29, 1.82) is 0 Å². The predicted octanol–water partition coefficient (Wildman–Crippen LogP) is 3.52. The third-order valence-corrected chi connectivity index (χ3v) is 3.79. The summed E-state index contributed by atoms with van der Waals surface area (Å²) in [7, 11) is 3.71. The molecule has 0 spiro atoms. The maximum absolute atomic E-state index is 5.70. The summed E-state index contributed by atoms with van der Waals surface area (Å²) in [4.78, 5) is 11.2. The quantitative estimate of drug-likeness (QED) is 0.666. The lowest BCUT2D eigenvalue weighted by molar-refractivity contribution is 0.331. The zero-order valence-electron chi connectivity index (χ0n) is 15.6. The Labute approximate surface area is 150 Å². The molecule has 0 aliphatic heterocycles. The average molecular weight is 344 g/mol. The number of nitrogens with zero attached hydrogens (tertiary/aromatic N) is 3. The molecule has 0 radical (unpaired) electrons. The highest BCUT2D eigenvalue weighted by molar-refractivity contribution is 5.44. The van der Waals surface area contributed by atoms with E-state index in [1.165, 1.54) is 6.42 Å². The number of hydrogen-bond acceptors (Lipinski definition) is 6. The molecule has 2 aromatic rings. The number of benzene rings is 1. The summed E-state index contributed by atoms with van der Waals surface area (Å²) in [5.41, 5.74) is 0.951. The van der Waals surface area contributed by atoms with Gasteiger partial charge < -0.3 is 19.7 Å². The van der Waals surface area contributed by atoms with E-state index in [0.717, 1.165) is 36.0 Å². The maximum Gasteiger partial charge on any atom is 0.224 e. The second-order valence-corrected chi connectivity index (χ2v) is 5.92. The van der Waals surface area contributed by atoms with Crippen molar-refractivity contribution in [3.63, 3.8) is 0 Å². The van der Waals surface area contributed by atoms with Crippen LogP contribution in [-0.2, 0) is 0 Å². The summed E-state index contributed by atoms with van der Waals surface area (Å²) in [6, 6.07) is 9.55. The largest absolute Gasteiger partial charge is 0.497 e. The minimum atomic E-state index is 0.532. The molecule has 6 heteroatoms. The van der Waals surface area contributed by atoms with Crippen LogP contribution in [-0.4, -0.2) is 43.8 Å². The number of aryl methyl sites for hydroxylation is 1. The van der Waals surface area contributed by atoms with Crippen LogP contribution in [0.25, 0.3) is 0 Å². The lowest BCUT2D eigenvalue weighted by Crippen LogP contribution is -2.21. The van der Waals surface area contributed by atoms with Crippen molar-refractivity contribution in [2.75, 3.05) is 44.1 Å². The van der Waals surface area contributed by atoms with Crippen LogP contribution in [0.1, 0.15) is 25.5 Å². The lowest BCUT2D eigenvalue weighted by atomic mass is 10.3. The third-order valence-electron chi connectivity index (χ3n) is 3.79. The molecule has 0 saturated heterocycles. The van der Waals surface area contributed by atoms with E-state index in [1.807, 2.05) is 37.3 Å². The Balaban J connectivity index is 1.84. The standard InChI is InChI=1S/C19H28N4O2/c1-5-6-12-23(3)18-14-15(2)21-19(22-18)20-11-13-25-17-9-7-16(24-4)8-10-17/h7-10,14H,5-6,11-13H2,1-4H3,(H,20,21,22). The minimum absolute atomic E-state index is 0.532. The molecule has 0 aliphatic carbocycles. The molecule has 0 fully saturated rings. The molecule has 0 atom stereocenters. The summed E-state index contributed by atoms with van der Waals surface area (Å²) >= 11 is 0. The van der Waals surface area contributed by atoms with Gasteiger partial charge in [-0.25, -0.2) is 4.98 Å². The molecule has 1 aromatic carbocycles. The first kappa shape index (κ1) is 18.8. The molecule has 0 saturated carbocycles. The van der Waals surface area contributed by atoms with Crippen LogP contribution in [0.5, 0.6) is 11.5 Å². The molecule has 0 amide bonds. The number of ether oxygens (including phenoxy) is 2. The van der Waals surface area contributed by atoms with Gasteiger partial charge in [0.1, 0.15) is 23.9 Å². The van der Waals surface area contributed by atoms with Gasteiger partial charge in [-0.05, 0) is 37.6 Å². The lowest BCUT2D eigenvalue weighted by Gasteiger charge is -2.19. The van der Waals surface area contributed by atoms with E-state index in [1.54, 1.807) is 7.11 Å². The van der Waals surface area contributed by atoms with Crippen LogP contribution in [0.15, 0.2) is 30.3 Å². The number of unbranched alkanes of at least 4 members (excludes halogenated alkanes) is 1.